The van der Waals surface area contributed by atoms with Crippen molar-refractivity contribution in [3.8, 4) is 11.3 Å². The van der Waals surface area contributed by atoms with Gasteiger partial charge in [0.15, 0.2) is 0 Å². The lowest BCUT2D eigenvalue weighted by molar-refractivity contribution is 0.720. The smallest absolute Gasteiger partial charge is 0.0706 e. The molecule has 2 heterocycles. The van der Waals surface area contributed by atoms with Gasteiger partial charge in [-0.1, -0.05) is 18.2 Å². The lowest BCUT2D eigenvalue weighted by Gasteiger charge is -2.01. The molecule has 0 aliphatic heterocycles. The summed E-state index contributed by atoms with van der Waals surface area (Å²) >= 11 is 0. The highest BCUT2D eigenvalue weighted by atomic mass is 15.3. The number of nitrogens with one attached hydrogen (secondary N) is 2. The molecule has 104 valence electrons. The van der Waals surface area contributed by atoms with E-state index >= 15 is 0 Å². The lowest BCUT2D eigenvalue weighted by Crippen LogP contribution is -2.10. The molecule has 3 aromatic rings. The molecule has 0 aliphatic rings. The number of hydrogen-bond donors (Lipinski definition) is 2. The van der Waals surface area contributed by atoms with Crippen molar-refractivity contribution in [3.63, 3.8) is 0 Å². The molecule has 1 aromatic carbocycles. The van der Waals surface area contributed by atoms with Gasteiger partial charge in [0.25, 0.3) is 0 Å². The largest absolute Gasteiger partial charge is 0.358 e. The maximum Gasteiger partial charge on any atom is 0.0706 e. The van der Waals surface area contributed by atoms with Gasteiger partial charge < -0.3 is 10.3 Å². The third kappa shape index (κ3) is 2.12. The molecule has 0 spiro atoms. The minimum absolute atomic E-state index is 0.948. The van der Waals surface area contributed by atoms with Gasteiger partial charge in [0, 0.05) is 42.2 Å². The Bertz CT molecular complexity index is 736. The molecule has 0 fully saturated rings. The number of aryl methyl sites for hydroxylation is 2. The van der Waals surface area contributed by atoms with E-state index in [2.05, 4.69) is 52.7 Å². The molecule has 20 heavy (non-hydrogen) atoms. The van der Waals surface area contributed by atoms with Crippen molar-refractivity contribution in [2.24, 2.45) is 7.05 Å². The number of fused-ring (bicyclic) bond motifs is 1. The molecule has 0 aliphatic carbocycles. The zero-order valence-electron chi connectivity index (χ0n) is 12.2. The summed E-state index contributed by atoms with van der Waals surface area (Å²) < 4.78 is 1.98. The molecule has 0 bridgehead atoms. The molecule has 0 saturated heterocycles. The Morgan fingerprint density at radius 1 is 1.30 bits per heavy atom. The van der Waals surface area contributed by atoms with Gasteiger partial charge in [-0.25, -0.2) is 0 Å². The number of rotatable bonds is 4. The fraction of sp³-hybridized carbons (Fsp3) is 0.312. The molecule has 2 N–H and O–H groups in total. The van der Waals surface area contributed by atoms with Crippen LogP contribution in [0.1, 0.15) is 11.4 Å². The van der Waals surface area contributed by atoms with Crippen LogP contribution >= 0.6 is 0 Å². The second-order valence-corrected chi connectivity index (χ2v) is 5.17. The number of benzene rings is 1. The van der Waals surface area contributed by atoms with E-state index in [9.17, 15) is 0 Å². The van der Waals surface area contributed by atoms with Crippen LogP contribution in [0.3, 0.4) is 0 Å². The molecule has 4 heteroatoms. The average Bonchev–Trinajstić information content (AvgIpc) is 2.95. The first-order chi connectivity index (χ1) is 9.70. The van der Waals surface area contributed by atoms with Crippen molar-refractivity contribution in [1.29, 1.82) is 0 Å². The third-order valence-corrected chi connectivity index (χ3v) is 3.71. The standard InChI is InChI=1S/C16H20N4/c1-11-16(13-6-4-5-7-14(13)18-11)15-10-12(8-9-17-2)19-20(15)3/h4-7,10,17-18H,8-9H2,1-3H3. The molecule has 0 radical (unpaired) electrons. The van der Waals surface area contributed by atoms with Crippen LogP contribution in [0.4, 0.5) is 0 Å². The van der Waals surface area contributed by atoms with Crippen molar-refractivity contribution in [2.45, 2.75) is 13.3 Å². The average molecular weight is 268 g/mol. The van der Waals surface area contributed by atoms with Gasteiger partial charge in [-0.2, -0.15) is 5.10 Å². The van der Waals surface area contributed by atoms with Gasteiger partial charge in [0.1, 0.15) is 0 Å². The van der Waals surface area contributed by atoms with Crippen LogP contribution in [-0.4, -0.2) is 28.4 Å². The minimum Gasteiger partial charge on any atom is -0.358 e. The third-order valence-electron chi connectivity index (χ3n) is 3.71. The molecular weight excluding hydrogens is 248 g/mol. The SMILES string of the molecule is CNCCc1cc(-c2c(C)[nH]c3ccccc23)n(C)n1. The van der Waals surface area contributed by atoms with E-state index in [4.69, 9.17) is 0 Å². The monoisotopic (exact) mass is 268 g/mol. The molecule has 2 aromatic heterocycles. The summed E-state index contributed by atoms with van der Waals surface area (Å²) in [5.74, 6) is 0. The molecule has 0 unspecified atom stereocenters. The number of para-hydroxylation sites is 1. The summed E-state index contributed by atoms with van der Waals surface area (Å²) in [6, 6.07) is 10.6. The van der Waals surface area contributed by atoms with E-state index in [1.165, 1.54) is 27.9 Å². The Morgan fingerprint density at radius 2 is 2.10 bits per heavy atom. The number of nitrogens with zero attached hydrogens (tertiary/aromatic N) is 2. The first kappa shape index (κ1) is 12.9. The van der Waals surface area contributed by atoms with Crippen LogP contribution in [0.5, 0.6) is 0 Å². The van der Waals surface area contributed by atoms with Crippen LogP contribution in [0.2, 0.25) is 0 Å². The number of aromatic nitrogens is 3. The predicted molar refractivity (Wildman–Crippen MR) is 82.9 cm³/mol. The summed E-state index contributed by atoms with van der Waals surface area (Å²) in [7, 11) is 3.98. The van der Waals surface area contributed by atoms with Crippen LogP contribution in [0.25, 0.3) is 22.2 Å². The molecular formula is C16H20N4. The fourth-order valence-corrected chi connectivity index (χ4v) is 2.74. The summed E-state index contributed by atoms with van der Waals surface area (Å²) in [6.07, 6.45) is 0.950. The summed E-state index contributed by atoms with van der Waals surface area (Å²) in [4.78, 5) is 3.45. The highest BCUT2D eigenvalue weighted by molar-refractivity contribution is 5.96. The first-order valence-electron chi connectivity index (χ1n) is 6.96. The van der Waals surface area contributed by atoms with E-state index in [1.807, 2.05) is 18.8 Å². The highest BCUT2D eigenvalue weighted by Crippen LogP contribution is 2.32. The van der Waals surface area contributed by atoms with Gasteiger partial charge in [0.2, 0.25) is 0 Å². The van der Waals surface area contributed by atoms with E-state index in [0.717, 1.165) is 18.7 Å². The Morgan fingerprint density at radius 3 is 2.90 bits per heavy atom. The van der Waals surface area contributed by atoms with Crippen molar-refractivity contribution in [2.75, 3.05) is 13.6 Å². The zero-order valence-corrected chi connectivity index (χ0v) is 12.2. The van der Waals surface area contributed by atoms with Crippen LogP contribution in [-0.2, 0) is 13.5 Å². The van der Waals surface area contributed by atoms with E-state index in [-0.39, 0.29) is 0 Å². The van der Waals surface area contributed by atoms with E-state index < -0.39 is 0 Å². The van der Waals surface area contributed by atoms with Crippen molar-refractivity contribution >= 4 is 10.9 Å². The molecule has 0 saturated carbocycles. The van der Waals surface area contributed by atoms with Crippen molar-refractivity contribution in [3.05, 3.63) is 41.7 Å². The predicted octanol–water partition coefficient (Wildman–Crippen LogP) is 2.64. The number of H-pyrrole nitrogens is 1. The van der Waals surface area contributed by atoms with Crippen LogP contribution < -0.4 is 5.32 Å². The zero-order chi connectivity index (χ0) is 14.1. The van der Waals surface area contributed by atoms with Crippen LogP contribution in [0, 0.1) is 6.92 Å². The second-order valence-electron chi connectivity index (χ2n) is 5.17. The van der Waals surface area contributed by atoms with Crippen molar-refractivity contribution < 1.29 is 0 Å². The quantitative estimate of drug-likeness (QED) is 0.764. The Hall–Kier alpha value is -2.07. The minimum atomic E-state index is 0.948. The molecule has 0 amide bonds. The molecule has 4 nitrogen and oxygen atoms in total. The topological polar surface area (TPSA) is 45.6 Å². The molecule has 3 rings (SSSR count). The molecule has 0 atom stereocenters. The number of likely N-dealkylation sites (N-methyl/N-ethyl adjacent to an activating group) is 1. The summed E-state index contributed by atoms with van der Waals surface area (Å²) in [5.41, 5.74) is 5.92. The highest BCUT2D eigenvalue weighted by Gasteiger charge is 2.14. The summed E-state index contributed by atoms with van der Waals surface area (Å²) in [5, 5.41) is 9.04. The second kappa shape index (κ2) is 5.13. The summed E-state index contributed by atoms with van der Waals surface area (Å²) in [6.45, 7) is 3.07. The maximum absolute atomic E-state index is 4.61. The van der Waals surface area contributed by atoms with Gasteiger partial charge in [-0.05, 0) is 26.1 Å². The normalized spacial score (nSPS) is 11.3. The number of aromatic amines is 1. The van der Waals surface area contributed by atoms with Gasteiger partial charge >= 0.3 is 0 Å². The number of hydrogen-bond acceptors (Lipinski definition) is 2. The Kier molecular flexibility index (Phi) is 3.32. The van der Waals surface area contributed by atoms with Crippen molar-refractivity contribution in [1.82, 2.24) is 20.1 Å². The Balaban J connectivity index is 2.11. The van der Waals surface area contributed by atoms with E-state index in [1.54, 1.807) is 0 Å². The van der Waals surface area contributed by atoms with Gasteiger partial charge in [0.05, 0.1) is 11.4 Å². The van der Waals surface area contributed by atoms with Crippen LogP contribution in [0.15, 0.2) is 30.3 Å². The fourth-order valence-electron chi connectivity index (χ4n) is 2.74. The van der Waals surface area contributed by atoms with E-state index in [0.29, 0.717) is 0 Å². The maximum atomic E-state index is 4.61. The van der Waals surface area contributed by atoms with Gasteiger partial charge in [-0.3, -0.25) is 4.68 Å². The van der Waals surface area contributed by atoms with Gasteiger partial charge in [-0.15, -0.1) is 0 Å². The lowest BCUT2D eigenvalue weighted by atomic mass is 10.1. The Labute approximate surface area is 118 Å². The first-order valence-corrected chi connectivity index (χ1v) is 6.96.